The molecule has 0 aliphatic carbocycles. The minimum atomic E-state index is 0.228. The lowest BCUT2D eigenvalue weighted by Gasteiger charge is -2.16. The van der Waals surface area contributed by atoms with Gasteiger partial charge in [0.15, 0.2) is 0 Å². The van der Waals surface area contributed by atoms with Crippen LogP contribution >= 0.6 is 11.8 Å². The van der Waals surface area contributed by atoms with E-state index in [0.717, 1.165) is 6.42 Å². The first kappa shape index (κ1) is 12.0. The van der Waals surface area contributed by atoms with E-state index in [1.807, 2.05) is 18.7 Å². The zero-order valence-corrected chi connectivity index (χ0v) is 9.57. The summed E-state index contributed by atoms with van der Waals surface area (Å²) in [6.45, 7) is 10.3. The zero-order chi connectivity index (χ0) is 9.72. The highest BCUT2D eigenvalue weighted by atomic mass is 32.2. The van der Waals surface area contributed by atoms with Crippen molar-refractivity contribution in [3.8, 4) is 0 Å². The van der Waals surface area contributed by atoms with E-state index in [4.69, 9.17) is 0 Å². The van der Waals surface area contributed by atoms with Crippen LogP contribution in [-0.2, 0) is 4.79 Å². The molecule has 0 radical (unpaired) electrons. The van der Waals surface area contributed by atoms with E-state index in [0.29, 0.717) is 16.3 Å². The average molecular weight is 188 g/mol. The Kier molecular flexibility index (Phi) is 5.64. The Morgan fingerprint density at radius 2 is 1.75 bits per heavy atom. The fourth-order valence-electron chi connectivity index (χ4n) is 1.18. The summed E-state index contributed by atoms with van der Waals surface area (Å²) in [4.78, 5) is 11.0. The van der Waals surface area contributed by atoms with E-state index in [1.165, 1.54) is 0 Å². The van der Waals surface area contributed by atoms with Gasteiger partial charge in [-0.3, -0.25) is 4.79 Å². The van der Waals surface area contributed by atoms with Crippen LogP contribution in [0.4, 0.5) is 0 Å². The Hall–Kier alpha value is 0.0200. The summed E-state index contributed by atoms with van der Waals surface area (Å²) in [6, 6.07) is 0. The van der Waals surface area contributed by atoms with Gasteiger partial charge < -0.3 is 0 Å². The molecule has 0 saturated carbocycles. The second kappa shape index (κ2) is 5.63. The van der Waals surface area contributed by atoms with Gasteiger partial charge in [-0.25, -0.2) is 0 Å². The molecule has 0 rings (SSSR count). The molecule has 0 bridgehead atoms. The van der Waals surface area contributed by atoms with Crippen LogP contribution in [-0.4, -0.2) is 16.3 Å². The van der Waals surface area contributed by atoms with Gasteiger partial charge in [0.2, 0.25) is 0 Å². The molecule has 0 aromatic carbocycles. The Bertz CT molecular complexity index is 143. The van der Waals surface area contributed by atoms with Crippen molar-refractivity contribution in [2.75, 3.05) is 0 Å². The Morgan fingerprint density at radius 1 is 1.25 bits per heavy atom. The largest absolute Gasteiger partial charge is 0.300 e. The number of hydrogen-bond donors (Lipinski definition) is 0. The van der Waals surface area contributed by atoms with E-state index >= 15 is 0 Å². The van der Waals surface area contributed by atoms with E-state index < -0.39 is 0 Å². The first-order chi connectivity index (χ1) is 5.43. The van der Waals surface area contributed by atoms with Gasteiger partial charge in [-0.2, -0.15) is 11.8 Å². The third-order valence-corrected chi connectivity index (χ3v) is 3.09. The predicted molar refractivity (Wildman–Crippen MR) is 56.7 cm³/mol. The molecule has 0 aliphatic heterocycles. The third kappa shape index (κ3) is 5.64. The molecule has 0 heterocycles. The molecule has 0 fully saturated rings. The van der Waals surface area contributed by atoms with Gasteiger partial charge in [0.1, 0.15) is 5.78 Å². The summed E-state index contributed by atoms with van der Waals surface area (Å²) in [5, 5.41) is 1.27. The van der Waals surface area contributed by atoms with Crippen molar-refractivity contribution in [1.82, 2.24) is 0 Å². The van der Waals surface area contributed by atoms with Crippen molar-refractivity contribution in [3.05, 3.63) is 0 Å². The van der Waals surface area contributed by atoms with E-state index in [1.54, 1.807) is 6.92 Å². The zero-order valence-electron chi connectivity index (χ0n) is 8.76. The standard InChI is InChI=1S/C10H20OS/c1-7(2)12-9(4)6-8(3)10(5)11/h7-9H,6H2,1-5H3. The van der Waals surface area contributed by atoms with Crippen molar-refractivity contribution < 1.29 is 4.79 Å². The first-order valence-corrected chi connectivity index (χ1v) is 5.53. The number of carbonyl (C=O) groups is 1. The molecule has 0 aromatic heterocycles. The van der Waals surface area contributed by atoms with Crippen molar-refractivity contribution >= 4 is 17.5 Å². The van der Waals surface area contributed by atoms with Crippen LogP contribution in [0.5, 0.6) is 0 Å². The lowest BCUT2D eigenvalue weighted by molar-refractivity contribution is -0.120. The maximum absolute atomic E-state index is 11.0. The molecule has 0 spiro atoms. The van der Waals surface area contributed by atoms with Gasteiger partial charge in [-0.05, 0) is 18.6 Å². The van der Waals surface area contributed by atoms with Gasteiger partial charge in [0.05, 0.1) is 0 Å². The molecule has 2 unspecified atom stereocenters. The molecule has 0 amide bonds. The molecule has 2 atom stereocenters. The maximum atomic E-state index is 11.0. The molecule has 72 valence electrons. The summed E-state index contributed by atoms with van der Waals surface area (Å²) in [5.74, 6) is 0.539. The molecule has 2 heteroatoms. The minimum Gasteiger partial charge on any atom is -0.300 e. The van der Waals surface area contributed by atoms with Crippen LogP contribution in [0.25, 0.3) is 0 Å². The van der Waals surface area contributed by atoms with Crippen LogP contribution < -0.4 is 0 Å². The molecule has 0 aliphatic rings. The number of thioether (sulfide) groups is 1. The van der Waals surface area contributed by atoms with Crippen LogP contribution in [0.15, 0.2) is 0 Å². The minimum absolute atomic E-state index is 0.228. The van der Waals surface area contributed by atoms with Gasteiger partial charge in [0, 0.05) is 11.2 Å². The number of carbonyl (C=O) groups excluding carboxylic acids is 1. The Balaban J connectivity index is 3.68. The molecule has 12 heavy (non-hydrogen) atoms. The van der Waals surface area contributed by atoms with Gasteiger partial charge in [-0.15, -0.1) is 0 Å². The van der Waals surface area contributed by atoms with E-state index in [2.05, 4.69) is 20.8 Å². The Morgan fingerprint density at radius 3 is 2.08 bits per heavy atom. The van der Waals surface area contributed by atoms with Crippen LogP contribution in [0, 0.1) is 5.92 Å². The smallest absolute Gasteiger partial charge is 0.132 e. The van der Waals surface area contributed by atoms with Crippen molar-refractivity contribution in [1.29, 1.82) is 0 Å². The number of rotatable bonds is 5. The average Bonchev–Trinajstić information content (AvgIpc) is 1.84. The summed E-state index contributed by atoms with van der Waals surface area (Å²) in [7, 11) is 0. The fraction of sp³-hybridized carbons (Fsp3) is 0.900. The highest BCUT2D eigenvalue weighted by molar-refractivity contribution is 8.00. The predicted octanol–water partition coefficient (Wildman–Crippen LogP) is 3.13. The second-order valence-corrected chi connectivity index (χ2v) is 5.76. The van der Waals surface area contributed by atoms with Gasteiger partial charge in [0.25, 0.3) is 0 Å². The molecule has 0 N–H and O–H groups in total. The lowest BCUT2D eigenvalue weighted by atomic mass is 10.0. The highest BCUT2D eigenvalue weighted by Gasteiger charge is 2.13. The summed E-state index contributed by atoms with van der Waals surface area (Å²) >= 11 is 1.95. The quantitative estimate of drug-likeness (QED) is 0.659. The van der Waals surface area contributed by atoms with E-state index in [9.17, 15) is 4.79 Å². The maximum Gasteiger partial charge on any atom is 0.132 e. The Labute approximate surface area is 80.3 Å². The van der Waals surface area contributed by atoms with Crippen molar-refractivity contribution in [3.63, 3.8) is 0 Å². The van der Waals surface area contributed by atoms with Crippen molar-refractivity contribution in [2.45, 2.75) is 51.5 Å². The number of ketones is 1. The number of Topliss-reactive ketones (excluding diaryl/α,β-unsaturated/α-hetero) is 1. The lowest BCUT2D eigenvalue weighted by Crippen LogP contribution is -2.13. The molecular weight excluding hydrogens is 168 g/mol. The molecule has 0 aromatic rings. The summed E-state index contributed by atoms with van der Waals surface area (Å²) in [5.41, 5.74) is 0. The SMILES string of the molecule is CC(=O)C(C)CC(C)SC(C)C. The normalized spacial score (nSPS) is 16.2. The van der Waals surface area contributed by atoms with Crippen LogP contribution in [0.3, 0.4) is 0 Å². The van der Waals surface area contributed by atoms with Gasteiger partial charge >= 0.3 is 0 Å². The van der Waals surface area contributed by atoms with E-state index in [-0.39, 0.29) is 5.92 Å². The second-order valence-electron chi connectivity index (χ2n) is 3.74. The monoisotopic (exact) mass is 188 g/mol. The summed E-state index contributed by atoms with van der Waals surface area (Å²) in [6.07, 6.45) is 1.01. The van der Waals surface area contributed by atoms with Crippen LogP contribution in [0.1, 0.15) is 41.0 Å². The first-order valence-electron chi connectivity index (χ1n) is 4.59. The topological polar surface area (TPSA) is 17.1 Å². The van der Waals surface area contributed by atoms with Gasteiger partial charge in [-0.1, -0.05) is 27.7 Å². The van der Waals surface area contributed by atoms with Crippen LogP contribution in [0.2, 0.25) is 0 Å². The summed E-state index contributed by atoms with van der Waals surface area (Å²) < 4.78 is 0. The molecule has 0 saturated heterocycles. The third-order valence-electron chi connectivity index (χ3n) is 1.88. The molecular formula is C10H20OS. The molecule has 1 nitrogen and oxygen atoms in total. The highest BCUT2D eigenvalue weighted by Crippen LogP contribution is 2.23. The number of hydrogen-bond acceptors (Lipinski definition) is 2. The fourth-order valence-corrected chi connectivity index (χ4v) is 2.51. The van der Waals surface area contributed by atoms with Crippen molar-refractivity contribution in [2.24, 2.45) is 5.92 Å².